The molecule has 0 saturated heterocycles. The highest BCUT2D eigenvalue weighted by Gasteiger charge is 2.38. The van der Waals surface area contributed by atoms with Crippen molar-refractivity contribution in [3.8, 4) is 0 Å². The number of hydrogen-bond donors (Lipinski definition) is 0. The van der Waals surface area contributed by atoms with Crippen LogP contribution in [0.4, 0.5) is 39.8 Å². The zero-order valence-corrected chi connectivity index (χ0v) is 18.0. The maximum absolute atomic E-state index is 12.1. The van der Waals surface area contributed by atoms with Gasteiger partial charge in [0.1, 0.15) is 0 Å². The number of hydrazine groups is 1. The lowest BCUT2D eigenvalue weighted by molar-refractivity contribution is -0.402. The second-order valence-electron chi connectivity index (χ2n) is 7.23. The summed E-state index contributed by atoms with van der Waals surface area (Å²) >= 11 is 0. The van der Waals surface area contributed by atoms with E-state index in [0.717, 1.165) is 12.1 Å². The third kappa shape index (κ3) is 4.59. The second-order valence-corrected chi connectivity index (χ2v) is 7.23. The molecule has 0 fully saturated rings. The van der Waals surface area contributed by atoms with Crippen LogP contribution >= 0.6 is 0 Å². The van der Waals surface area contributed by atoms with Crippen LogP contribution in [0.15, 0.2) is 103 Å². The van der Waals surface area contributed by atoms with Crippen molar-refractivity contribution in [3.63, 3.8) is 0 Å². The monoisotopic (exact) mass is 471 g/mol. The van der Waals surface area contributed by atoms with E-state index in [1.807, 2.05) is 0 Å². The van der Waals surface area contributed by atoms with E-state index in [9.17, 15) is 30.3 Å². The predicted molar refractivity (Wildman–Crippen MR) is 130 cm³/mol. The first-order valence-corrected chi connectivity index (χ1v) is 10.2. The molecule has 0 aliphatic heterocycles. The van der Waals surface area contributed by atoms with Crippen LogP contribution in [-0.4, -0.2) is 14.8 Å². The van der Waals surface area contributed by atoms with Crippen LogP contribution in [0.25, 0.3) is 0 Å². The Morgan fingerprint density at radius 2 is 0.829 bits per heavy atom. The van der Waals surface area contributed by atoms with Crippen molar-refractivity contribution in [1.82, 2.24) is 0 Å². The van der Waals surface area contributed by atoms with Gasteiger partial charge in [0.25, 0.3) is 5.69 Å². The zero-order chi connectivity index (χ0) is 24.9. The number of benzene rings is 4. The van der Waals surface area contributed by atoms with E-state index >= 15 is 0 Å². The summed E-state index contributed by atoms with van der Waals surface area (Å²) in [5.41, 5.74) is -1.30. The van der Waals surface area contributed by atoms with Crippen LogP contribution in [0.5, 0.6) is 0 Å². The number of nitrogens with zero attached hydrogens (tertiary/aromatic N) is 5. The van der Waals surface area contributed by atoms with E-state index in [4.69, 9.17) is 0 Å². The summed E-state index contributed by atoms with van der Waals surface area (Å²) in [6, 6.07) is 27.4. The van der Waals surface area contributed by atoms with Gasteiger partial charge < -0.3 is 0 Å². The van der Waals surface area contributed by atoms with Gasteiger partial charge >= 0.3 is 11.4 Å². The molecule has 4 aromatic carbocycles. The Bertz CT molecular complexity index is 1310. The summed E-state index contributed by atoms with van der Waals surface area (Å²) in [6.45, 7) is 0. The number of non-ortho nitro benzene ring substituents is 1. The van der Waals surface area contributed by atoms with Gasteiger partial charge in [-0.15, -0.1) is 0 Å². The van der Waals surface area contributed by atoms with E-state index in [2.05, 4.69) is 0 Å². The average Bonchev–Trinajstić information content (AvgIpc) is 2.88. The van der Waals surface area contributed by atoms with Crippen LogP contribution < -0.4 is 10.0 Å². The van der Waals surface area contributed by atoms with E-state index in [1.54, 1.807) is 96.0 Å². The van der Waals surface area contributed by atoms with Crippen LogP contribution in [0.3, 0.4) is 0 Å². The number of nitro groups is 3. The van der Waals surface area contributed by atoms with Gasteiger partial charge in [0, 0.05) is 0 Å². The zero-order valence-electron chi connectivity index (χ0n) is 18.0. The third-order valence-corrected chi connectivity index (χ3v) is 5.07. The smallest absolute Gasteiger partial charge is 0.258 e. The summed E-state index contributed by atoms with van der Waals surface area (Å²) in [5.74, 6) is 0. The van der Waals surface area contributed by atoms with E-state index in [-0.39, 0.29) is 0 Å². The predicted octanol–water partition coefficient (Wildman–Crippen LogP) is 6.30. The molecule has 0 bridgehead atoms. The number of para-hydroxylation sites is 3. The molecule has 0 aliphatic rings. The Balaban J connectivity index is 2.13. The standard InChI is InChI=1S/C24H17N5O6/c30-27(31)21-16-22(28(32)33)24(23(17-21)29(34)35)26(20-14-8-3-9-15-20)25(18-10-4-1-5-11-18)19-12-6-2-7-13-19/h1-17H. The number of nitro benzene ring substituents is 3. The molecule has 0 aliphatic carbocycles. The first kappa shape index (κ1) is 22.9. The minimum Gasteiger partial charge on any atom is -0.258 e. The molecule has 0 amide bonds. The maximum Gasteiger partial charge on any atom is 0.308 e. The second kappa shape index (κ2) is 9.67. The molecule has 4 rings (SSSR count). The van der Waals surface area contributed by atoms with Gasteiger partial charge in [-0.05, 0) is 36.4 Å². The van der Waals surface area contributed by atoms with Gasteiger partial charge in [0.2, 0.25) is 5.69 Å². The number of rotatable bonds is 8. The molecular formula is C24H17N5O6. The Hall–Kier alpha value is -5.32. The molecule has 0 atom stereocenters. The van der Waals surface area contributed by atoms with Crippen LogP contribution in [0, 0.1) is 30.3 Å². The minimum atomic E-state index is -0.900. The van der Waals surface area contributed by atoms with Gasteiger partial charge in [-0.3, -0.25) is 30.3 Å². The maximum atomic E-state index is 12.1. The summed E-state index contributed by atoms with van der Waals surface area (Å²) in [5, 5.41) is 38.6. The first-order chi connectivity index (χ1) is 16.9. The quantitative estimate of drug-likeness (QED) is 0.216. The van der Waals surface area contributed by atoms with Gasteiger partial charge in [0.05, 0.1) is 44.0 Å². The molecule has 0 spiro atoms. The topological polar surface area (TPSA) is 136 Å². The van der Waals surface area contributed by atoms with E-state index < -0.39 is 37.5 Å². The summed E-state index contributed by atoms with van der Waals surface area (Å²) in [6.07, 6.45) is 0. The molecule has 11 heteroatoms. The Labute approximate surface area is 198 Å². The third-order valence-electron chi connectivity index (χ3n) is 5.07. The molecule has 174 valence electrons. The van der Waals surface area contributed by atoms with Gasteiger partial charge in [-0.25, -0.2) is 10.0 Å². The first-order valence-electron chi connectivity index (χ1n) is 10.2. The highest BCUT2D eigenvalue weighted by atomic mass is 16.6. The lowest BCUT2D eigenvalue weighted by atomic mass is 10.1. The molecule has 35 heavy (non-hydrogen) atoms. The molecule has 4 aromatic rings. The normalized spacial score (nSPS) is 10.4. The minimum absolute atomic E-state index is 0.361. The number of hydrogen-bond acceptors (Lipinski definition) is 8. The van der Waals surface area contributed by atoms with Crippen molar-refractivity contribution in [2.45, 2.75) is 0 Å². The van der Waals surface area contributed by atoms with Gasteiger partial charge in [-0.2, -0.15) is 0 Å². The Morgan fingerprint density at radius 3 is 1.14 bits per heavy atom. The summed E-state index contributed by atoms with van der Waals surface area (Å²) in [7, 11) is 0. The van der Waals surface area contributed by atoms with Crippen molar-refractivity contribution < 1.29 is 14.8 Å². The highest BCUT2D eigenvalue weighted by molar-refractivity contribution is 5.88. The molecule has 0 unspecified atom stereocenters. The van der Waals surface area contributed by atoms with Crippen molar-refractivity contribution in [2.75, 3.05) is 10.0 Å². The van der Waals surface area contributed by atoms with Crippen molar-refractivity contribution in [2.24, 2.45) is 0 Å². The number of anilines is 4. The summed E-state index contributed by atoms with van der Waals surface area (Å²) < 4.78 is 0. The lowest BCUT2D eigenvalue weighted by Crippen LogP contribution is -2.36. The molecular weight excluding hydrogens is 454 g/mol. The Kier molecular flexibility index (Phi) is 6.31. The average molecular weight is 471 g/mol. The van der Waals surface area contributed by atoms with Crippen LogP contribution in [0.1, 0.15) is 0 Å². The molecule has 11 nitrogen and oxygen atoms in total. The fourth-order valence-corrected chi connectivity index (χ4v) is 3.62. The van der Waals surface area contributed by atoms with Crippen molar-refractivity contribution in [1.29, 1.82) is 0 Å². The molecule has 0 radical (unpaired) electrons. The lowest BCUT2D eigenvalue weighted by Gasteiger charge is -2.37. The van der Waals surface area contributed by atoms with E-state index in [0.29, 0.717) is 17.1 Å². The fraction of sp³-hybridized carbons (Fsp3) is 0. The van der Waals surface area contributed by atoms with Gasteiger partial charge in [0.15, 0.2) is 0 Å². The molecule has 0 heterocycles. The molecule has 0 N–H and O–H groups in total. The highest BCUT2D eigenvalue weighted by Crippen LogP contribution is 2.47. The van der Waals surface area contributed by atoms with Crippen molar-refractivity contribution >= 4 is 39.8 Å². The van der Waals surface area contributed by atoms with Crippen molar-refractivity contribution in [3.05, 3.63) is 133 Å². The molecule has 0 saturated carbocycles. The van der Waals surface area contributed by atoms with E-state index in [1.165, 1.54) is 5.01 Å². The van der Waals surface area contributed by atoms with Crippen LogP contribution in [-0.2, 0) is 0 Å². The fourth-order valence-electron chi connectivity index (χ4n) is 3.62. The largest absolute Gasteiger partial charge is 0.308 e. The Morgan fingerprint density at radius 1 is 0.486 bits per heavy atom. The molecule has 0 aromatic heterocycles. The van der Waals surface area contributed by atoms with Crippen LogP contribution in [0.2, 0.25) is 0 Å². The SMILES string of the molecule is O=[N+]([O-])c1cc([N+](=O)[O-])c(N(c2ccccc2)N(c2ccccc2)c2ccccc2)c([N+](=O)[O-])c1. The van der Waals surface area contributed by atoms with Gasteiger partial charge in [-0.1, -0.05) is 54.6 Å². The summed E-state index contributed by atoms with van der Waals surface area (Å²) in [4.78, 5) is 33.0.